The number of hydrogen-bond acceptors (Lipinski definition) is 4. The van der Waals surface area contributed by atoms with E-state index in [2.05, 4.69) is 20.9 Å². The predicted octanol–water partition coefficient (Wildman–Crippen LogP) is 1.94. The molecule has 0 spiro atoms. The number of urea groups is 1. The summed E-state index contributed by atoms with van der Waals surface area (Å²) in [5, 5.41) is 7.88. The van der Waals surface area contributed by atoms with Crippen molar-refractivity contribution < 1.29 is 18.7 Å². The molecule has 7 nitrogen and oxygen atoms in total. The Morgan fingerprint density at radius 3 is 2.73 bits per heavy atom. The fourth-order valence-corrected chi connectivity index (χ4v) is 2.80. The smallest absolute Gasteiger partial charge is 0.319 e. The van der Waals surface area contributed by atoms with Crippen molar-refractivity contribution >= 4 is 17.6 Å². The molecule has 1 aromatic heterocycles. The Bertz CT molecular complexity index is 826. The van der Waals surface area contributed by atoms with Gasteiger partial charge in [0.05, 0.1) is 24.9 Å². The zero-order valence-corrected chi connectivity index (χ0v) is 14.4. The number of methoxy groups -OCH3 is 1. The number of carbonyl (C=O) groups excluding carboxylic acids is 2. The molecule has 2 aromatic rings. The maximum Gasteiger partial charge on any atom is 0.319 e. The summed E-state index contributed by atoms with van der Waals surface area (Å²) >= 11 is 0. The van der Waals surface area contributed by atoms with Gasteiger partial charge in [0.15, 0.2) is 0 Å². The number of nitrogens with zero attached hydrogens (tertiary/aromatic N) is 1. The molecule has 0 bridgehead atoms. The van der Waals surface area contributed by atoms with Crippen LogP contribution in [0, 0.1) is 12.7 Å². The first kappa shape index (κ1) is 17.7. The highest BCUT2D eigenvalue weighted by Gasteiger charge is 2.39. The number of carbonyl (C=O) groups is 2. The number of halogens is 1. The Balaban J connectivity index is 1.73. The van der Waals surface area contributed by atoms with E-state index >= 15 is 0 Å². The lowest BCUT2D eigenvalue weighted by atomic mass is 9.98. The molecule has 2 atom stereocenters. The van der Waals surface area contributed by atoms with Crippen LogP contribution in [0.5, 0.6) is 5.75 Å². The third kappa shape index (κ3) is 3.74. The second-order valence-electron chi connectivity index (χ2n) is 6.04. The van der Waals surface area contributed by atoms with E-state index in [4.69, 9.17) is 4.74 Å². The average Bonchev–Trinajstić information content (AvgIpc) is 2.97. The number of aromatic nitrogens is 1. The summed E-state index contributed by atoms with van der Waals surface area (Å²) in [7, 11) is 1.41. The maximum absolute atomic E-state index is 14.3. The number of hydrogen-bond donors (Lipinski definition) is 3. The van der Waals surface area contributed by atoms with Crippen LogP contribution in [0.25, 0.3) is 0 Å². The minimum absolute atomic E-state index is 0.102. The molecule has 1 aliphatic heterocycles. The normalized spacial score (nSPS) is 19.0. The molecule has 1 aliphatic rings. The number of aryl methyl sites for hydroxylation is 1. The van der Waals surface area contributed by atoms with Crippen LogP contribution in [0.3, 0.4) is 0 Å². The Morgan fingerprint density at radius 2 is 2.08 bits per heavy atom. The molecule has 26 heavy (non-hydrogen) atoms. The van der Waals surface area contributed by atoms with Gasteiger partial charge >= 0.3 is 6.03 Å². The average molecular weight is 358 g/mol. The van der Waals surface area contributed by atoms with Crippen molar-refractivity contribution in [2.24, 2.45) is 0 Å². The Hall–Kier alpha value is -3.16. The third-order valence-electron chi connectivity index (χ3n) is 4.21. The van der Waals surface area contributed by atoms with E-state index in [0.29, 0.717) is 5.69 Å². The van der Waals surface area contributed by atoms with Crippen molar-refractivity contribution in [1.29, 1.82) is 0 Å². The van der Waals surface area contributed by atoms with E-state index in [-0.39, 0.29) is 23.9 Å². The first-order chi connectivity index (χ1) is 12.5. The Labute approximate surface area is 150 Å². The largest absolute Gasteiger partial charge is 0.495 e. The molecule has 3 amide bonds. The van der Waals surface area contributed by atoms with Crippen molar-refractivity contribution in [3.63, 3.8) is 0 Å². The van der Waals surface area contributed by atoms with Gasteiger partial charge in [-0.15, -0.1) is 0 Å². The summed E-state index contributed by atoms with van der Waals surface area (Å²) < 4.78 is 19.2. The van der Waals surface area contributed by atoms with Crippen molar-refractivity contribution in [3.05, 3.63) is 53.6 Å². The number of pyridine rings is 1. The van der Waals surface area contributed by atoms with Crippen LogP contribution in [-0.4, -0.2) is 36.6 Å². The third-order valence-corrected chi connectivity index (χ3v) is 4.21. The molecule has 3 N–H and O–H groups in total. The van der Waals surface area contributed by atoms with Crippen molar-refractivity contribution in [2.75, 3.05) is 19.0 Å². The standard InChI is InChI=1S/C18H19FN4O3/c1-10-3-5-11(6-4-10)22-18(25)23-16-13(9-21-17(16)24)15-14(19)7-12(26-2)8-20-15/h3-8,13,16H,9H2,1-2H3,(H,21,24)(H2,22,23,25)/t13-,16-/m0/s1. The molecule has 1 saturated heterocycles. The monoisotopic (exact) mass is 358 g/mol. The van der Waals surface area contributed by atoms with Gasteiger partial charge in [-0.05, 0) is 19.1 Å². The lowest BCUT2D eigenvalue weighted by Crippen LogP contribution is -2.45. The predicted molar refractivity (Wildman–Crippen MR) is 93.6 cm³/mol. The van der Waals surface area contributed by atoms with E-state index < -0.39 is 23.8 Å². The van der Waals surface area contributed by atoms with Crippen LogP contribution >= 0.6 is 0 Å². The fraction of sp³-hybridized carbons (Fsp3) is 0.278. The summed E-state index contributed by atoms with van der Waals surface area (Å²) in [6.45, 7) is 2.12. The Morgan fingerprint density at radius 1 is 1.35 bits per heavy atom. The minimum atomic E-state index is -0.921. The summed E-state index contributed by atoms with van der Waals surface area (Å²) in [4.78, 5) is 28.4. The van der Waals surface area contributed by atoms with E-state index in [1.165, 1.54) is 19.4 Å². The maximum atomic E-state index is 14.3. The van der Waals surface area contributed by atoms with Gasteiger partial charge in [-0.2, -0.15) is 0 Å². The van der Waals surface area contributed by atoms with Gasteiger partial charge in [0.2, 0.25) is 5.91 Å². The number of nitrogens with one attached hydrogen (secondary N) is 3. The summed E-state index contributed by atoms with van der Waals surface area (Å²) in [5.41, 5.74) is 1.76. The van der Waals surface area contributed by atoms with Crippen LogP contribution < -0.4 is 20.7 Å². The van der Waals surface area contributed by atoms with Gasteiger partial charge in [0.1, 0.15) is 17.6 Å². The van der Waals surface area contributed by atoms with Crippen LogP contribution in [0.15, 0.2) is 36.5 Å². The van der Waals surface area contributed by atoms with Gasteiger partial charge in [0.25, 0.3) is 0 Å². The Kier molecular flexibility index (Phi) is 5.01. The van der Waals surface area contributed by atoms with Crippen molar-refractivity contribution in [3.8, 4) is 5.75 Å². The van der Waals surface area contributed by atoms with Gasteiger partial charge in [-0.25, -0.2) is 9.18 Å². The molecule has 0 radical (unpaired) electrons. The molecule has 0 saturated carbocycles. The van der Waals surface area contributed by atoms with E-state index in [0.717, 1.165) is 5.56 Å². The molecule has 1 aromatic carbocycles. The summed E-state index contributed by atoms with van der Waals surface area (Å²) in [6.07, 6.45) is 1.38. The number of rotatable bonds is 4. The molecular weight excluding hydrogens is 339 g/mol. The molecule has 136 valence electrons. The minimum Gasteiger partial charge on any atom is -0.495 e. The van der Waals surface area contributed by atoms with Crippen molar-refractivity contribution in [2.45, 2.75) is 18.9 Å². The van der Waals surface area contributed by atoms with Crippen LogP contribution in [0.2, 0.25) is 0 Å². The lowest BCUT2D eigenvalue weighted by Gasteiger charge is -2.19. The molecule has 0 unspecified atom stereocenters. The summed E-state index contributed by atoms with van der Waals surface area (Å²) in [6, 6.07) is 6.96. The molecule has 0 aliphatic carbocycles. The van der Waals surface area contributed by atoms with Crippen LogP contribution in [0.4, 0.5) is 14.9 Å². The fourth-order valence-electron chi connectivity index (χ4n) is 2.80. The first-order valence-electron chi connectivity index (χ1n) is 8.09. The molecule has 3 rings (SSSR count). The topological polar surface area (TPSA) is 92.3 Å². The molecule has 1 fully saturated rings. The van der Waals surface area contributed by atoms with Crippen LogP contribution in [0.1, 0.15) is 17.2 Å². The van der Waals surface area contributed by atoms with E-state index in [9.17, 15) is 14.0 Å². The highest BCUT2D eigenvalue weighted by Crippen LogP contribution is 2.26. The van der Waals surface area contributed by atoms with Gasteiger partial charge in [0, 0.05) is 18.3 Å². The quantitative estimate of drug-likeness (QED) is 0.779. The van der Waals surface area contributed by atoms with Gasteiger partial charge in [-0.1, -0.05) is 17.7 Å². The highest BCUT2D eigenvalue weighted by molar-refractivity contribution is 5.95. The molecule has 8 heteroatoms. The highest BCUT2D eigenvalue weighted by atomic mass is 19.1. The lowest BCUT2D eigenvalue weighted by molar-refractivity contribution is -0.120. The van der Waals surface area contributed by atoms with Crippen molar-refractivity contribution in [1.82, 2.24) is 15.6 Å². The second-order valence-corrected chi connectivity index (χ2v) is 6.04. The number of anilines is 1. The number of ether oxygens (including phenoxy) is 1. The van der Waals surface area contributed by atoms with E-state index in [1.807, 2.05) is 19.1 Å². The van der Waals surface area contributed by atoms with E-state index in [1.54, 1.807) is 12.1 Å². The summed E-state index contributed by atoms with van der Waals surface area (Å²) in [5.74, 6) is -1.30. The zero-order valence-electron chi connectivity index (χ0n) is 14.4. The first-order valence-corrected chi connectivity index (χ1v) is 8.09. The second kappa shape index (κ2) is 7.38. The van der Waals surface area contributed by atoms with Crippen LogP contribution in [-0.2, 0) is 4.79 Å². The SMILES string of the molecule is COc1cnc([C@@H]2CNC(=O)[C@H]2NC(=O)Nc2ccc(C)cc2)c(F)c1. The number of amides is 3. The van der Waals surface area contributed by atoms with Gasteiger partial charge in [-0.3, -0.25) is 9.78 Å². The van der Waals surface area contributed by atoms with Gasteiger partial charge < -0.3 is 20.7 Å². The molecular formula is C18H19FN4O3. The molecule has 2 heterocycles. The number of benzene rings is 1. The zero-order chi connectivity index (χ0) is 18.7.